The van der Waals surface area contributed by atoms with E-state index in [1.807, 2.05) is 0 Å². The SMILES string of the molecule is CCc1ccc(CCCCc2ccc(-c3cc(F)c(-c4cc(F)c(C(F)(F)F)c(F)c4)c(F)c3)c(F)c2)cc1. The topological polar surface area (TPSA) is 0 Å². The van der Waals surface area contributed by atoms with Crippen LogP contribution in [0.3, 0.4) is 0 Å². The molecule has 0 fully saturated rings. The lowest BCUT2D eigenvalue weighted by atomic mass is 9.96. The molecule has 0 aromatic heterocycles. The Kier molecular flexibility index (Phi) is 8.42. The summed E-state index contributed by atoms with van der Waals surface area (Å²) in [4.78, 5) is 0. The van der Waals surface area contributed by atoms with Gasteiger partial charge in [-0.05, 0) is 90.3 Å². The standard InChI is InChI=1S/C31H24F8/c1-2-18-7-9-19(10-8-18)5-3-4-6-20-11-12-23(24(32)13-20)21-14-25(33)29(26(34)15-21)22-16-27(35)30(28(36)17-22)31(37,38)39/h7-17H,2-6H2,1H3. The van der Waals surface area contributed by atoms with Crippen molar-refractivity contribution in [1.29, 1.82) is 0 Å². The summed E-state index contributed by atoms with van der Waals surface area (Å²) >= 11 is 0. The molecule has 0 spiro atoms. The third-order valence-electron chi connectivity index (χ3n) is 6.61. The lowest BCUT2D eigenvalue weighted by molar-refractivity contribution is -0.142. The van der Waals surface area contributed by atoms with Crippen molar-refractivity contribution >= 4 is 0 Å². The van der Waals surface area contributed by atoms with Gasteiger partial charge in [0, 0.05) is 5.56 Å². The van der Waals surface area contributed by atoms with Gasteiger partial charge in [-0.3, -0.25) is 0 Å². The Morgan fingerprint density at radius 3 is 1.54 bits per heavy atom. The van der Waals surface area contributed by atoms with E-state index in [0.717, 1.165) is 37.8 Å². The van der Waals surface area contributed by atoms with E-state index in [-0.39, 0.29) is 23.3 Å². The fraction of sp³-hybridized carbons (Fsp3) is 0.226. The monoisotopic (exact) mass is 548 g/mol. The average molecular weight is 549 g/mol. The lowest BCUT2D eigenvalue weighted by Crippen LogP contribution is -2.11. The maximum atomic E-state index is 14.9. The minimum Gasteiger partial charge on any atom is -0.206 e. The fourth-order valence-electron chi connectivity index (χ4n) is 4.54. The lowest BCUT2D eigenvalue weighted by Gasteiger charge is -2.13. The summed E-state index contributed by atoms with van der Waals surface area (Å²) in [5.74, 6) is -7.33. The van der Waals surface area contributed by atoms with Gasteiger partial charge in [0.05, 0.1) is 5.56 Å². The van der Waals surface area contributed by atoms with Crippen molar-refractivity contribution < 1.29 is 35.1 Å². The largest absolute Gasteiger partial charge is 0.422 e. The molecular weight excluding hydrogens is 524 g/mol. The first-order chi connectivity index (χ1) is 18.5. The smallest absolute Gasteiger partial charge is 0.206 e. The summed E-state index contributed by atoms with van der Waals surface area (Å²) in [6, 6.07) is 14.7. The third kappa shape index (κ3) is 6.49. The van der Waals surface area contributed by atoms with Crippen LogP contribution < -0.4 is 0 Å². The molecule has 0 unspecified atom stereocenters. The first-order valence-electron chi connectivity index (χ1n) is 12.4. The highest BCUT2D eigenvalue weighted by molar-refractivity contribution is 5.72. The van der Waals surface area contributed by atoms with Crippen LogP contribution in [0.1, 0.15) is 42.0 Å². The molecule has 39 heavy (non-hydrogen) atoms. The first kappa shape index (κ1) is 28.3. The highest BCUT2D eigenvalue weighted by atomic mass is 19.4. The van der Waals surface area contributed by atoms with E-state index in [0.29, 0.717) is 12.0 Å². The molecule has 4 aromatic carbocycles. The second-order valence-electron chi connectivity index (χ2n) is 9.32. The zero-order valence-corrected chi connectivity index (χ0v) is 20.9. The normalized spacial score (nSPS) is 11.7. The predicted octanol–water partition coefficient (Wildman–Crippen LogP) is 9.86. The highest BCUT2D eigenvalue weighted by Crippen LogP contribution is 2.38. The van der Waals surface area contributed by atoms with Crippen LogP contribution in [0.5, 0.6) is 0 Å². The number of hydrogen-bond donors (Lipinski definition) is 0. The van der Waals surface area contributed by atoms with Gasteiger partial charge in [-0.2, -0.15) is 13.2 Å². The van der Waals surface area contributed by atoms with E-state index < -0.39 is 52.0 Å². The maximum absolute atomic E-state index is 14.9. The van der Waals surface area contributed by atoms with Crippen molar-refractivity contribution in [2.24, 2.45) is 0 Å². The minimum atomic E-state index is -5.32. The molecular formula is C31H24F8. The molecule has 0 heterocycles. The highest BCUT2D eigenvalue weighted by Gasteiger charge is 2.38. The Balaban J connectivity index is 1.49. The van der Waals surface area contributed by atoms with Crippen LogP contribution in [-0.4, -0.2) is 0 Å². The molecule has 204 valence electrons. The average Bonchev–Trinajstić information content (AvgIpc) is 2.85. The van der Waals surface area contributed by atoms with Gasteiger partial charge in [-0.1, -0.05) is 43.3 Å². The van der Waals surface area contributed by atoms with E-state index in [1.54, 1.807) is 6.07 Å². The van der Waals surface area contributed by atoms with Crippen molar-refractivity contribution in [2.75, 3.05) is 0 Å². The van der Waals surface area contributed by atoms with Gasteiger partial charge in [0.2, 0.25) is 0 Å². The molecule has 4 rings (SSSR count). The Bertz CT molecular complexity index is 1420. The quantitative estimate of drug-likeness (QED) is 0.152. The van der Waals surface area contributed by atoms with E-state index in [9.17, 15) is 35.1 Å². The van der Waals surface area contributed by atoms with Crippen LogP contribution in [-0.2, 0) is 25.4 Å². The van der Waals surface area contributed by atoms with Crippen LogP contribution in [0.25, 0.3) is 22.3 Å². The fourth-order valence-corrected chi connectivity index (χ4v) is 4.54. The van der Waals surface area contributed by atoms with Crippen molar-refractivity contribution in [1.82, 2.24) is 0 Å². The molecule has 0 N–H and O–H groups in total. The molecule has 8 heteroatoms. The van der Waals surface area contributed by atoms with Crippen molar-refractivity contribution in [3.05, 3.63) is 118 Å². The zero-order valence-electron chi connectivity index (χ0n) is 20.9. The molecule has 0 radical (unpaired) electrons. The van der Waals surface area contributed by atoms with Crippen LogP contribution in [0.15, 0.2) is 66.7 Å². The predicted molar refractivity (Wildman–Crippen MR) is 135 cm³/mol. The van der Waals surface area contributed by atoms with Gasteiger partial charge >= 0.3 is 6.18 Å². The summed E-state index contributed by atoms with van der Waals surface area (Å²) in [5, 5.41) is 0. The number of alkyl halides is 3. The summed E-state index contributed by atoms with van der Waals surface area (Å²) in [7, 11) is 0. The van der Waals surface area contributed by atoms with Crippen LogP contribution in [0, 0.1) is 29.1 Å². The molecule has 0 atom stereocenters. The van der Waals surface area contributed by atoms with Gasteiger partial charge in [-0.25, -0.2) is 22.0 Å². The van der Waals surface area contributed by atoms with Gasteiger partial charge < -0.3 is 0 Å². The Morgan fingerprint density at radius 1 is 0.538 bits per heavy atom. The molecule has 4 aromatic rings. The van der Waals surface area contributed by atoms with E-state index >= 15 is 0 Å². The number of benzene rings is 4. The van der Waals surface area contributed by atoms with Crippen molar-refractivity contribution in [3.63, 3.8) is 0 Å². The van der Waals surface area contributed by atoms with Gasteiger partial charge in [0.25, 0.3) is 0 Å². The van der Waals surface area contributed by atoms with E-state index in [4.69, 9.17) is 0 Å². The Labute approximate surface area is 220 Å². The zero-order chi connectivity index (χ0) is 28.3. The number of aryl methyl sites for hydroxylation is 3. The number of hydrogen-bond acceptors (Lipinski definition) is 0. The molecule has 0 aliphatic carbocycles. The maximum Gasteiger partial charge on any atom is 0.422 e. The molecule has 0 bridgehead atoms. The third-order valence-corrected chi connectivity index (χ3v) is 6.61. The van der Waals surface area contributed by atoms with Crippen molar-refractivity contribution in [2.45, 2.75) is 45.2 Å². The van der Waals surface area contributed by atoms with Gasteiger partial charge in [0.15, 0.2) is 0 Å². The molecule has 0 aliphatic rings. The van der Waals surface area contributed by atoms with Gasteiger partial charge in [-0.15, -0.1) is 0 Å². The van der Waals surface area contributed by atoms with Crippen LogP contribution in [0.2, 0.25) is 0 Å². The van der Waals surface area contributed by atoms with E-state index in [2.05, 4.69) is 31.2 Å². The number of rotatable bonds is 8. The first-order valence-corrected chi connectivity index (χ1v) is 12.4. The summed E-state index contributed by atoms with van der Waals surface area (Å²) < 4.78 is 111. The Morgan fingerprint density at radius 2 is 1.03 bits per heavy atom. The van der Waals surface area contributed by atoms with Gasteiger partial charge in [0.1, 0.15) is 34.6 Å². The van der Waals surface area contributed by atoms with Crippen molar-refractivity contribution in [3.8, 4) is 22.3 Å². The van der Waals surface area contributed by atoms with Crippen LogP contribution in [0.4, 0.5) is 35.1 Å². The second kappa shape index (κ2) is 11.6. The number of halogens is 8. The summed E-state index contributed by atoms with van der Waals surface area (Å²) in [6.07, 6.45) is -1.13. The van der Waals surface area contributed by atoms with E-state index in [1.165, 1.54) is 23.3 Å². The summed E-state index contributed by atoms with van der Waals surface area (Å²) in [6.45, 7) is 2.09. The second-order valence-corrected chi connectivity index (χ2v) is 9.32. The summed E-state index contributed by atoms with van der Waals surface area (Å²) in [5.41, 5.74) is -0.884. The molecule has 0 nitrogen and oxygen atoms in total. The molecule has 0 saturated heterocycles. The molecule has 0 saturated carbocycles. The minimum absolute atomic E-state index is 0.0936. The Hall–Kier alpha value is -3.68. The van der Waals surface area contributed by atoms with Crippen LogP contribution >= 0.6 is 0 Å². The molecule has 0 amide bonds. The molecule has 0 aliphatic heterocycles. The number of unbranched alkanes of at least 4 members (excludes halogenated alkanes) is 1.